The molecule has 1 aliphatic heterocycles. The molecule has 5 heteroatoms. The fraction of sp³-hybridized carbons (Fsp3) is 0.462. The first-order chi connectivity index (χ1) is 8.93. The van der Waals surface area contributed by atoms with Gasteiger partial charge in [-0.3, -0.25) is 0 Å². The number of hydrogen-bond acceptors (Lipinski definition) is 4. The largest absolute Gasteiger partial charge is 0.376 e. The maximum Gasteiger partial charge on any atom is 0.137 e. The first kappa shape index (κ1) is 11.6. The third kappa shape index (κ3) is 2.53. The molecule has 2 N–H and O–H groups in total. The van der Waals surface area contributed by atoms with E-state index in [-0.39, 0.29) is 6.10 Å². The predicted octanol–water partition coefficient (Wildman–Crippen LogP) is 1.07. The number of rotatable bonds is 4. The van der Waals surface area contributed by atoms with Gasteiger partial charge in [-0.1, -0.05) is 0 Å². The topological polar surface area (TPSA) is 59.2 Å². The molecule has 0 bridgehead atoms. The van der Waals surface area contributed by atoms with Crippen molar-refractivity contribution in [1.29, 1.82) is 0 Å². The average Bonchev–Trinajstić information content (AvgIpc) is 2.84. The van der Waals surface area contributed by atoms with Gasteiger partial charge in [-0.15, -0.1) is 0 Å². The lowest BCUT2D eigenvalue weighted by Crippen LogP contribution is -2.37. The van der Waals surface area contributed by atoms with Gasteiger partial charge in [0.1, 0.15) is 5.65 Å². The Morgan fingerprint density at radius 1 is 1.44 bits per heavy atom. The van der Waals surface area contributed by atoms with Crippen molar-refractivity contribution in [2.24, 2.45) is 0 Å². The number of nitrogens with one attached hydrogen (secondary N) is 2. The molecule has 3 heterocycles. The second kappa shape index (κ2) is 5.48. The van der Waals surface area contributed by atoms with Crippen molar-refractivity contribution in [2.75, 3.05) is 26.4 Å². The summed E-state index contributed by atoms with van der Waals surface area (Å²) in [5.74, 6) is 0. The van der Waals surface area contributed by atoms with Gasteiger partial charge < -0.3 is 19.8 Å². The summed E-state index contributed by atoms with van der Waals surface area (Å²) in [6.45, 7) is 3.72. The molecule has 1 saturated heterocycles. The quantitative estimate of drug-likeness (QED) is 0.848. The van der Waals surface area contributed by atoms with E-state index in [1.54, 1.807) is 6.20 Å². The average molecular weight is 247 g/mol. The fourth-order valence-corrected chi connectivity index (χ4v) is 2.18. The minimum absolute atomic E-state index is 0.169. The molecule has 0 radical (unpaired) electrons. The molecule has 2 aromatic rings. The highest BCUT2D eigenvalue weighted by molar-refractivity contribution is 5.79. The summed E-state index contributed by atoms with van der Waals surface area (Å²) in [4.78, 5) is 7.44. The molecule has 18 heavy (non-hydrogen) atoms. The summed E-state index contributed by atoms with van der Waals surface area (Å²) >= 11 is 0. The van der Waals surface area contributed by atoms with Crippen molar-refractivity contribution in [3.63, 3.8) is 0 Å². The van der Waals surface area contributed by atoms with Crippen LogP contribution < -0.4 is 5.32 Å². The van der Waals surface area contributed by atoms with Crippen molar-refractivity contribution in [1.82, 2.24) is 15.3 Å². The normalized spacial score (nSPS) is 20.3. The molecule has 3 rings (SSSR count). The third-order valence-electron chi connectivity index (χ3n) is 3.11. The number of hydrogen-bond donors (Lipinski definition) is 2. The summed E-state index contributed by atoms with van der Waals surface area (Å²) in [5, 5.41) is 4.57. The molecular weight excluding hydrogens is 230 g/mol. The van der Waals surface area contributed by atoms with E-state index in [1.165, 1.54) is 10.9 Å². The Kier molecular flexibility index (Phi) is 3.54. The predicted molar refractivity (Wildman–Crippen MR) is 68.4 cm³/mol. The van der Waals surface area contributed by atoms with Gasteiger partial charge in [0.05, 0.1) is 25.9 Å². The zero-order valence-corrected chi connectivity index (χ0v) is 10.2. The number of nitrogens with zero attached hydrogens (tertiary/aromatic N) is 1. The van der Waals surface area contributed by atoms with Crippen LogP contribution in [-0.2, 0) is 16.0 Å². The van der Waals surface area contributed by atoms with Gasteiger partial charge >= 0.3 is 0 Å². The minimum Gasteiger partial charge on any atom is -0.376 e. The number of H-pyrrole nitrogens is 1. The van der Waals surface area contributed by atoms with E-state index in [0.29, 0.717) is 19.8 Å². The number of fused-ring (bicyclic) bond motifs is 1. The molecule has 0 aliphatic carbocycles. The zero-order valence-electron chi connectivity index (χ0n) is 10.2. The maximum absolute atomic E-state index is 5.58. The Hall–Kier alpha value is -1.43. The van der Waals surface area contributed by atoms with Crippen LogP contribution in [0.3, 0.4) is 0 Å². The first-order valence-corrected chi connectivity index (χ1v) is 6.24. The SMILES string of the molecule is c1cnc2[nH]cc(CNCC3COCCO3)c2c1. The Labute approximate surface area is 106 Å². The highest BCUT2D eigenvalue weighted by Crippen LogP contribution is 2.15. The van der Waals surface area contributed by atoms with Crippen molar-refractivity contribution in [2.45, 2.75) is 12.6 Å². The lowest BCUT2D eigenvalue weighted by atomic mass is 10.2. The molecule has 0 aromatic carbocycles. The molecule has 96 valence electrons. The van der Waals surface area contributed by atoms with Crippen molar-refractivity contribution in [3.8, 4) is 0 Å². The second-order valence-electron chi connectivity index (χ2n) is 4.41. The summed E-state index contributed by atoms with van der Waals surface area (Å²) in [6.07, 6.45) is 3.97. The van der Waals surface area contributed by atoms with Crippen LogP contribution in [0.2, 0.25) is 0 Å². The number of ether oxygens (including phenoxy) is 2. The van der Waals surface area contributed by atoms with Gasteiger partial charge in [0.15, 0.2) is 0 Å². The Balaban J connectivity index is 1.56. The summed E-state index contributed by atoms with van der Waals surface area (Å²) < 4.78 is 10.9. The van der Waals surface area contributed by atoms with E-state index in [4.69, 9.17) is 9.47 Å². The second-order valence-corrected chi connectivity index (χ2v) is 4.41. The summed E-state index contributed by atoms with van der Waals surface area (Å²) in [7, 11) is 0. The molecule has 1 aliphatic rings. The fourth-order valence-electron chi connectivity index (χ4n) is 2.18. The third-order valence-corrected chi connectivity index (χ3v) is 3.11. The highest BCUT2D eigenvalue weighted by Gasteiger charge is 2.13. The highest BCUT2D eigenvalue weighted by atomic mass is 16.6. The van der Waals surface area contributed by atoms with E-state index in [9.17, 15) is 0 Å². The van der Waals surface area contributed by atoms with Crippen LogP contribution in [0.1, 0.15) is 5.56 Å². The zero-order chi connectivity index (χ0) is 12.2. The van der Waals surface area contributed by atoms with Crippen molar-refractivity contribution < 1.29 is 9.47 Å². The van der Waals surface area contributed by atoms with E-state index in [1.807, 2.05) is 12.3 Å². The number of pyridine rings is 1. The Morgan fingerprint density at radius 3 is 3.33 bits per heavy atom. The Bertz CT molecular complexity index is 506. The van der Waals surface area contributed by atoms with Crippen LogP contribution in [0.25, 0.3) is 11.0 Å². The molecule has 2 aromatic heterocycles. The minimum atomic E-state index is 0.169. The van der Waals surface area contributed by atoms with Crippen LogP contribution in [0, 0.1) is 0 Å². The van der Waals surface area contributed by atoms with Gasteiger partial charge in [-0.25, -0.2) is 4.98 Å². The molecule has 1 atom stereocenters. The van der Waals surface area contributed by atoms with Crippen molar-refractivity contribution in [3.05, 3.63) is 30.1 Å². The Morgan fingerprint density at radius 2 is 2.44 bits per heavy atom. The van der Waals surface area contributed by atoms with Gasteiger partial charge in [-0.2, -0.15) is 0 Å². The summed E-state index contributed by atoms with van der Waals surface area (Å²) in [6, 6.07) is 4.04. The van der Waals surface area contributed by atoms with Crippen molar-refractivity contribution >= 4 is 11.0 Å². The van der Waals surface area contributed by atoms with Gasteiger partial charge in [0, 0.05) is 30.9 Å². The molecule has 0 saturated carbocycles. The smallest absolute Gasteiger partial charge is 0.137 e. The van der Waals surface area contributed by atoms with Gasteiger partial charge in [-0.05, 0) is 17.7 Å². The van der Waals surface area contributed by atoms with Crippen LogP contribution in [0.5, 0.6) is 0 Å². The van der Waals surface area contributed by atoms with E-state index < -0.39 is 0 Å². The molecule has 0 amide bonds. The monoisotopic (exact) mass is 247 g/mol. The molecule has 5 nitrogen and oxygen atoms in total. The molecule has 1 unspecified atom stereocenters. The maximum atomic E-state index is 5.58. The van der Waals surface area contributed by atoms with Crippen LogP contribution >= 0.6 is 0 Å². The van der Waals surface area contributed by atoms with Gasteiger partial charge in [0.2, 0.25) is 0 Å². The lowest BCUT2D eigenvalue weighted by molar-refractivity contribution is -0.0864. The molecule has 1 fully saturated rings. The number of aromatic amines is 1. The van der Waals surface area contributed by atoms with Crippen LogP contribution in [0.15, 0.2) is 24.5 Å². The molecule has 0 spiro atoms. The van der Waals surface area contributed by atoms with Crippen LogP contribution in [-0.4, -0.2) is 42.4 Å². The molecular formula is C13H17N3O2. The first-order valence-electron chi connectivity index (χ1n) is 6.24. The van der Waals surface area contributed by atoms with E-state index >= 15 is 0 Å². The lowest BCUT2D eigenvalue weighted by Gasteiger charge is -2.23. The van der Waals surface area contributed by atoms with Gasteiger partial charge in [0.25, 0.3) is 0 Å². The van der Waals surface area contributed by atoms with Crippen LogP contribution in [0.4, 0.5) is 0 Å². The standard InChI is InChI=1S/C13H17N3O2/c1-2-12-10(7-16-13(12)15-3-1)6-14-8-11-9-17-4-5-18-11/h1-3,7,11,14H,4-6,8-9H2,(H,15,16). The number of aromatic nitrogens is 2. The van der Waals surface area contributed by atoms with E-state index in [0.717, 1.165) is 18.7 Å². The van der Waals surface area contributed by atoms with E-state index in [2.05, 4.69) is 21.4 Å². The summed E-state index contributed by atoms with van der Waals surface area (Å²) in [5.41, 5.74) is 2.17.